The monoisotopic (exact) mass is 389 g/mol. The Kier molecular flexibility index (Phi) is 6.72. The lowest BCUT2D eigenvalue weighted by molar-refractivity contribution is -0.127. The maximum absolute atomic E-state index is 12.6. The van der Waals surface area contributed by atoms with Gasteiger partial charge in [-0.1, -0.05) is 36.5 Å². The molecule has 24 heavy (non-hydrogen) atoms. The van der Waals surface area contributed by atoms with E-state index in [1.54, 1.807) is 29.2 Å². The number of carbonyl (C=O) groups excluding carboxylic acids is 1. The summed E-state index contributed by atoms with van der Waals surface area (Å²) in [6.07, 6.45) is 5.35. The molecule has 0 saturated carbocycles. The molecule has 1 aliphatic heterocycles. The maximum Gasteiger partial charge on any atom is 0.246 e. The molecule has 0 spiro atoms. The van der Waals surface area contributed by atoms with E-state index in [0.29, 0.717) is 28.6 Å². The van der Waals surface area contributed by atoms with Gasteiger partial charge in [0.2, 0.25) is 5.91 Å². The topological polar surface area (TPSA) is 54.5 Å². The molecule has 0 radical (unpaired) electrons. The fraction of sp³-hybridized carbons (Fsp3) is 0.471. The summed E-state index contributed by atoms with van der Waals surface area (Å²) in [5, 5.41) is 1.04. The molecule has 1 aromatic carbocycles. The number of rotatable bonds is 6. The lowest BCUT2D eigenvalue weighted by atomic mass is 10.1. The summed E-state index contributed by atoms with van der Waals surface area (Å²) in [5.74, 6) is 0.00705. The molecule has 1 heterocycles. The fourth-order valence-electron chi connectivity index (χ4n) is 2.72. The minimum absolute atomic E-state index is 0.0498. The highest BCUT2D eigenvalue weighted by molar-refractivity contribution is 7.91. The second kappa shape index (κ2) is 8.37. The standard InChI is InChI=1S/C17H21Cl2NO3S/c1-2-3-9-20(15-8-10-24(22,23)12-15)17(21)7-4-13-11-14(18)5-6-16(13)19/h4-7,11,15H,2-3,8-10,12H2,1H3/b7-4+. The van der Waals surface area contributed by atoms with Gasteiger partial charge in [-0.05, 0) is 42.7 Å². The molecule has 7 heteroatoms. The van der Waals surface area contributed by atoms with Crippen LogP contribution in [-0.4, -0.2) is 43.3 Å². The number of amides is 1. The van der Waals surface area contributed by atoms with E-state index in [-0.39, 0.29) is 23.5 Å². The van der Waals surface area contributed by atoms with Crippen LogP contribution in [0.3, 0.4) is 0 Å². The Bertz CT molecular complexity index is 731. The predicted octanol–water partition coefficient (Wildman–Crippen LogP) is 3.82. The van der Waals surface area contributed by atoms with Crippen LogP contribution in [0.5, 0.6) is 0 Å². The van der Waals surface area contributed by atoms with E-state index in [0.717, 1.165) is 12.8 Å². The van der Waals surface area contributed by atoms with E-state index in [2.05, 4.69) is 0 Å². The molecule has 0 bridgehead atoms. The average Bonchev–Trinajstić information content (AvgIpc) is 2.88. The zero-order chi connectivity index (χ0) is 17.7. The van der Waals surface area contributed by atoms with Crippen molar-refractivity contribution in [2.45, 2.75) is 32.2 Å². The predicted molar refractivity (Wildman–Crippen MR) is 99.2 cm³/mol. The largest absolute Gasteiger partial charge is 0.335 e. The van der Waals surface area contributed by atoms with Crippen LogP contribution in [0, 0.1) is 0 Å². The van der Waals surface area contributed by atoms with Gasteiger partial charge in [0.05, 0.1) is 11.5 Å². The van der Waals surface area contributed by atoms with Crippen molar-refractivity contribution in [3.63, 3.8) is 0 Å². The van der Waals surface area contributed by atoms with Crippen LogP contribution in [0.4, 0.5) is 0 Å². The number of hydrogen-bond donors (Lipinski definition) is 0. The van der Waals surface area contributed by atoms with Gasteiger partial charge in [-0.3, -0.25) is 4.79 Å². The maximum atomic E-state index is 12.6. The van der Waals surface area contributed by atoms with Crippen molar-refractivity contribution < 1.29 is 13.2 Å². The summed E-state index contributed by atoms with van der Waals surface area (Å²) in [7, 11) is -3.04. The zero-order valence-electron chi connectivity index (χ0n) is 13.5. The lowest BCUT2D eigenvalue weighted by Crippen LogP contribution is -2.40. The number of unbranched alkanes of at least 4 members (excludes halogenated alkanes) is 1. The van der Waals surface area contributed by atoms with Crippen molar-refractivity contribution >= 4 is 45.0 Å². The molecule has 1 atom stereocenters. The minimum atomic E-state index is -3.04. The van der Waals surface area contributed by atoms with Crippen LogP contribution < -0.4 is 0 Å². The Labute approximate surface area is 153 Å². The van der Waals surface area contributed by atoms with Gasteiger partial charge < -0.3 is 4.90 Å². The lowest BCUT2D eigenvalue weighted by Gasteiger charge is -2.27. The highest BCUT2D eigenvalue weighted by Crippen LogP contribution is 2.23. The highest BCUT2D eigenvalue weighted by Gasteiger charge is 2.33. The van der Waals surface area contributed by atoms with Crippen molar-refractivity contribution in [3.8, 4) is 0 Å². The van der Waals surface area contributed by atoms with Gasteiger partial charge in [0.25, 0.3) is 0 Å². The minimum Gasteiger partial charge on any atom is -0.335 e. The number of benzene rings is 1. The molecule has 1 unspecified atom stereocenters. The Hall–Kier alpha value is -1.04. The second-order valence-electron chi connectivity index (χ2n) is 5.94. The van der Waals surface area contributed by atoms with Crippen molar-refractivity contribution in [3.05, 3.63) is 39.9 Å². The Morgan fingerprint density at radius 3 is 2.75 bits per heavy atom. The number of halogens is 2. The van der Waals surface area contributed by atoms with Gasteiger partial charge in [0.15, 0.2) is 9.84 Å². The van der Waals surface area contributed by atoms with E-state index in [1.807, 2.05) is 6.92 Å². The van der Waals surface area contributed by atoms with E-state index < -0.39 is 9.84 Å². The number of nitrogens with zero attached hydrogens (tertiary/aromatic N) is 1. The van der Waals surface area contributed by atoms with E-state index in [9.17, 15) is 13.2 Å². The number of carbonyl (C=O) groups is 1. The first-order chi connectivity index (χ1) is 11.3. The van der Waals surface area contributed by atoms with Crippen LogP contribution in [0.2, 0.25) is 10.0 Å². The molecule has 1 aromatic rings. The van der Waals surface area contributed by atoms with Gasteiger partial charge in [0.1, 0.15) is 0 Å². The van der Waals surface area contributed by atoms with E-state index in [1.165, 1.54) is 6.08 Å². The molecule has 0 aliphatic carbocycles. The molecule has 2 rings (SSSR count). The normalized spacial score (nSPS) is 19.7. The summed E-state index contributed by atoms with van der Waals surface area (Å²) >= 11 is 12.0. The quantitative estimate of drug-likeness (QED) is 0.694. The molecular weight excluding hydrogens is 369 g/mol. The van der Waals surface area contributed by atoms with Gasteiger partial charge in [-0.25, -0.2) is 8.42 Å². The smallest absolute Gasteiger partial charge is 0.246 e. The molecule has 0 N–H and O–H groups in total. The Morgan fingerprint density at radius 2 is 2.12 bits per heavy atom. The van der Waals surface area contributed by atoms with E-state index in [4.69, 9.17) is 23.2 Å². The van der Waals surface area contributed by atoms with Gasteiger partial charge >= 0.3 is 0 Å². The van der Waals surface area contributed by atoms with Crippen molar-refractivity contribution in [1.82, 2.24) is 4.90 Å². The van der Waals surface area contributed by atoms with Gasteiger partial charge in [-0.15, -0.1) is 0 Å². The summed E-state index contributed by atoms with van der Waals surface area (Å²) in [4.78, 5) is 14.3. The molecule has 1 fully saturated rings. The van der Waals surface area contributed by atoms with Crippen molar-refractivity contribution in [2.24, 2.45) is 0 Å². The molecule has 1 aliphatic rings. The van der Waals surface area contributed by atoms with Crippen molar-refractivity contribution in [1.29, 1.82) is 0 Å². The molecule has 1 saturated heterocycles. The third kappa shape index (κ3) is 5.23. The fourth-order valence-corrected chi connectivity index (χ4v) is 4.81. The zero-order valence-corrected chi connectivity index (χ0v) is 15.9. The molecule has 0 aromatic heterocycles. The van der Waals surface area contributed by atoms with Crippen LogP contribution in [0.25, 0.3) is 6.08 Å². The van der Waals surface area contributed by atoms with Gasteiger partial charge in [0, 0.05) is 28.7 Å². The van der Waals surface area contributed by atoms with Crippen molar-refractivity contribution in [2.75, 3.05) is 18.1 Å². The first-order valence-electron chi connectivity index (χ1n) is 7.96. The summed E-state index contributed by atoms with van der Waals surface area (Å²) < 4.78 is 23.4. The second-order valence-corrected chi connectivity index (χ2v) is 9.01. The third-order valence-electron chi connectivity index (χ3n) is 4.05. The molecule has 1 amide bonds. The van der Waals surface area contributed by atoms with Gasteiger partial charge in [-0.2, -0.15) is 0 Å². The third-order valence-corrected chi connectivity index (χ3v) is 6.38. The SMILES string of the molecule is CCCCN(C(=O)/C=C/c1cc(Cl)ccc1Cl)C1CCS(=O)(=O)C1. The molecular formula is C17H21Cl2NO3S. The van der Waals surface area contributed by atoms with Crippen LogP contribution in [0.1, 0.15) is 31.7 Å². The Balaban J connectivity index is 2.15. The molecule has 132 valence electrons. The summed E-state index contributed by atoms with van der Waals surface area (Å²) in [5.41, 5.74) is 0.659. The number of sulfone groups is 1. The Morgan fingerprint density at radius 1 is 1.38 bits per heavy atom. The first-order valence-corrected chi connectivity index (χ1v) is 10.5. The average molecular weight is 390 g/mol. The highest BCUT2D eigenvalue weighted by atomic mass is 35.5. The first kappa shape index (κ1) is 19.3. The number of hydrogen-bond acceptors (Lipinski definition) is 3. The summed E-state index contributed by atoms with van der Waals surface area (Å²) in [6.45, 7) is 2.60. The van der Waals surface area contributed by atoms with Crippen LogP contribution in [-0.2, 0) is 14.6 Å². The van der Waals surface area contributed by atoms with E-state index >= 15 is 0 Å². The molecule has 4 nitrogen and oxygen atoms in total. The summed E-state index contributed by atoms with van der Waals surface area (Å²) in [6, 6.07) is 4.80. The van der Waals surface area contributed by atoms with Crippen LogP contribution in [0.15, 0.2) is 24.3 Å². The van der Waals surface area contributed by atoms with Crippen LogP contribution >= 0.6 is 23.2 Å².